The Morgan fingerprint density at radius 2 is 1.82 bits per heavy atom. The van der Waals surface area contributed by atoms with Crippen molar-refractivity contribution in [1.82, 2.24) is 0 Å². The zero-order valence-electron chi connectivity index (χ0n) is 14.2. The Kier molecular flexibility index (Phi) is 4.80. The lowest BCUT2D eigenvalue weighted by Gasteiger charge is -2.18. The Balaban J connectivity index is 1.64. The van der Waals surface area contributed by atoms with Crippen molar-refractivity contribution in [2.45, 2.75) is 6.18 Å². The van der Waals surface area contributed by atoms with E-state index in [0.29, 0.717) is 35.2 Å². The predicted molar refractivity (Wildman–Crippen MR) is 105 cm³/mol. The van der Waals surface area contributed by atoms with Gasteiger partial charge in [-0.25, -0.2) is 0 Å². The van der Waals surface area contributed by atoms with Crippen molar-refractivity contribution in [3.05, 3.63) is 58.5 Å². The Morgan fingerprint density at radius 3 is 2.57 bits per heavy atom. The molecule has 0 aliphatic carbocycles. The number of benzene rings is 2. The molecule has 2 aromatic rings. The molecule has 4 rings (SSSR count). The van der Waals surface area contributed by atoms with Gasteiger partial charge in [0.2, 0.25) is 0 Å². The lowest BCUT2D eigenvalue weighted by molar-refractivity contribution is -0.137. The first-order valence-electron chi connectivity index (χ1n) is 8.18. The van der Waals surface area contributed by atoms with Crippen LogP contribution in [0, 0.1) is 0 Å². The maximum atomic E-state index is 13.0. The van der Waals surface area contributed by atoms with E-state index in [2.05, 4.69) is 0 Å². The molecule has 1 saturated heterocycles. The summed E-state index contributed by atoms with van der Waals surface area (Å²) in [5.41, 5.74) is -0.0495. The highest BCUT2D eigenvalue weighted by Crippen LogP contribution is 2.39. The second kappa shape index (κ2) is 7.14. The Hall–Kier alpha value is -2.52. The minimum atomic E-state index is -4.50. The van der Waals surface area contributed by atoms with Gasteiger partial charge >= 0.3 is 6.18 Å². The first-order chi connectivity index (χ1) is 13.3. The molecule has 1 amide bonds. The summed E-state index contributed by atoms with van der Waals surface area (Å²) in [6.45, 7) is 0.913. The lowest BCUT2D eigenvalue weighted by atomic mass is 10.1. The van der Waals surface area contributed by atoms with E-state index >= 15 is 0 Å². The van der Waals surface area contributed by atoms with Crippen LogP contribution in [-0.4, -0.2) is 23.4 Å². The van der Waals surface area contributed by atoms with Crippen molar-refractivity contribution < 1.29 is 27.4 Å². The van der Waals surface area contributed by atoms with Crippen LogP contribution in [0.4, 0.5) is 18.9 Å². The third-order valence-corrected chi connectivity index (χ3v) is 5.39. The van der Waals surface area contributed by atoms with Crippen LogP contribution in [0.2, 0.25) is 0 Å². The fourth-order valence-corrected chi connectivity index (χ4v) is 4.11. The van der Waals surface area contributed by atoms with Gasteiger partial charge in [0.05, 0.1) is 16.2 Å². The molecule has 28 heavy (non-hydrogen) atoms. The quantitative estimate of drug-likeness (QED) is 0.508. The maximum Gasteiger partial charge on any atom is 0.416 e. The molecule has 0 unspecified atom stereocenters. The van der Waals surface area contributed by atoms with Crippen LogP contribution in [0.15, 0.2) is 47.4 Å². The minimum absolute atomic E-state index is 0.0860. The number of carbonyl (C=O) groups excluding carboxylic acids is 1. The van der Waals surface area contributed by atoms with E-state index in [1.165, 1.54) is 12.1 Å². The monoisotopic (exact) mass is 423 g/mol. The largest absolute Gasteiger partial charge is 0.486 e. The van der Waals surface area contributed by atoms with Crippen LogP contribution in [0.1, 0.15) is 11.1 Å². The number of ether oxygens (including phenoxy) is 2. The van der Waals surface area contributed by atoms with Crippen LogP contribution >= 0.6 is 24.0 Å². The molecule has 2 aromatic carbocycles. The molecule has 0 atom stereocenters. The molecule has 0 saturated carbocycles. The van der Waals surface area contributed by atoms with Crippen molar-refractivity contribution in [3.63, 3.8) is 0 Å². The number of carbonyl (C=O) groups is 1. The van der Waals surface area contributed by atoms with Crippen molar-refractivity contribution in [3.8, 4) is 11.5 Å². The zero-order chi connectivity index (χ0) is 19.9. The Bertz CT molecular complexity index is 1000. The number of nitrogens with zero attached hydrogens (tertiary/aromatic N) is 1. The van der Waals surface area contributed by atoms with Crippen molar-refractivity contribution in [2.24, 2.45) is 0 Å². The number of rotatable bonds is 2. The first-order valence-corrected chi connectivity index (χ1v) is 9.40. The summed E-state index contributed by atoms with van der Waals surface area (Å²) < 4.78 is 50.1. The number of alkyl halides is 3. The van der Waals surface area contributed by atoms with Crippen molar-refractivity contribution >= 4 is 46.0 Å². The highest BCUT2D eigenvalue weighted by molar-refractivity contribution is 8.27. The van der Waals surface area contributed by atoms with Gasteiger partial charge < -0.3 is 9.47 Å². The number of thioether (sulfide) groups is 1. The molecule has 2 aliphatic rings. The van der Waals surface area contributed by atoms with E-state index in [4.69, 9.17) is 21.7 Å². The number of thiocarbonyl (C=S) groups is 1. The molecule has 0 N–H and O–H groups in total. The Labute approximate surface area is 167 Å². The van der Waals surface area contributed by atoms with Gasteiger partial charge in [-0.1, -0.05) is 36.1 Å². The van der Waals surface area contributed by atoms with E-state index in [9.17, 15) is 18.0 Å². The molecular formula is C19H12F3NO3S2. The predicted octanol–water partition coefficient (Wildman–Crippen LogP) is 4.88. The highest BCUT2D eigenvalue weighted by Gasteiger charge is 2.36. The third-order valence-electron chi connectivity index (χ3n) is 4.09. The summed E-state index contributed by atoms with van der Waals surface area (Å²) in [5, 5.41) is 0. The molecule has 4 nitrogen and oxygen atoms in total. The second-order valence-corrected chi connectivity index (χ2v) is 7.64. The van der Waals surface area contributed by atoms with Gasteiger partial charge in [-0.2, -0.15) is 13.2 Å². The number of anilines is 1. The number of fused-ring (bicyclic) bond motifs is 1. The van der Waals surface area contributed by atoms with Gasteiger partial charge in [0, 0.05) is 0 Å². The molecule has 1 fully saturated rings. The van der Waals surface area contributed by atoms with Crippen LogP contribution in [0.25, 0.3) is 6.08 Å². The summed E-state index contributed by atoms with van der Waals surface area (Å²) >= 11 is 6.27. The Morgan fingerprint density at radius 1 is 1.07 bits per heavy atom. The normalized spacial score (nSPS) is 18.1. The molecule has 144 valence electrons. The molecule has 0 radical (unpaired) electrons. The number of hydrogen-bond donors (Lipinski definition) is 0. The molecule has 2 aliphatic heterocycles. The van der Waals surface area contributed by atoms with Gasteiger partial charge in [-0.3, -0.25) is 9.69 Å². The smallest absolute Gasteiger partial charge is 0.416 e. The fraction of sp³-hybridized carbons (Fsp3) is 0.158. The molecule has 9 heteroatoms. The van der Waals surface area contributed by atoms with E-state index < -0.39 is 17.6 Å². The number of amides is 1. The highest BCUT2D eigenvalue weighted by atomic mass is 32.2. The SMILES string of the molecule is O=C1/C(=C\c2ccc3c(c2)OCCO3)SC(=S)N1c1cccc(C(F)(F)F)c1. The van der Waals surface area contributed by atoms with Crippen molar-refractivity contribution in [1.29, 1.82) is 0 Å². The number of halogens is 3. The topological polar surface area (TPSA) is 38.8 Å². The van der Waals surface area contributed by atoms with Crippen molar-refractivity contribution in [2.75, 3.05) is 18.1 Å². The molecule has 2 heterocycles. The summed E-state index contributed by atoms with van der Waals surface area (Å²) in [6, 6.07) is 9.79. The van der Waals surface area contributed by atoms with E-state index in [1.807, 2.05) is 0 Å². The van der Waals surface area contributed by atoms with E-state index in [0.717, 1.165) is 28.8 Å². The number of hydrogen-bond acceptors (Lipinski definition) is 5. The van der Waals surface area contributed by atoms with Gasteiger partial charge in [0.15, 0.2) is 15.8 Å². The maximum absolute atomic E-state index is 13.0. The average molecular weight is 423 g/mol. The van der Waals surface area contributed by atoms with Crippen LogP contribution < -0.4 is 14.4 Å². The third kappa shape index (κ3) is 3.59. The summed E-state index contributed by atoms with van der Waals surface area (Å²) in [6.07, 6.45) is -2.87. The second-order valence-electron chi connectivity index (χ2n) is 5.97. The standard InChI is InChI=1S/C19H12F3NO3S2/c20-19(21,22)12-2-1-3-13(10-12)23-17(24)16(28-18(23)27)9-11-4-5-14-15(8-11)26-7-6-25-14/h1-5,8-10H,6-7H2/b16-9+. The molecule has 0 aromatic heterocycles. The molecular weight excluding hydrogens is 411 g/mol. The minimum Gasteiger partial charge on any atom is -0.486 e. The summed E-state index contributed by atoms with van der Waals surface area (Å²) in [4.78, 5) is 14.2. The van der Waals surface area contributed by atoms with Gasteiger partial charge in [0.1, 0.15) is 13.2 Å². The first kappa shape index (κ1) is 18.8. The fourth-order valence-electron chi connectivity index (χ4n) is 2.81. The lowest BCUT2D eigenvalue weighted by Crippen LogP contribution is -2.27. The van der Waals surface area contributed by atoms with Gasteiger partial charge in [0.25, 0.3) is 5.91 Å². The average Bonchev–Trinajstić information content (AvgIpc) is 2.94. The van der Waals surface area contributed by atoms with E-state index in [1.54, 1.807) is 24.3 Å². The van der Waals surface area contributed by atoms with E-state index in [-0.39, 0.29) is 10.0 Å². The van der Waals surface area contributed by atoms with Crippen LogP contribution in [0.3, 0.4) is 0 Å². The molecule has 0 spiro atoms. The van der Waals surface area contributed by atoms with Crippen LogP contribution in [0.5, 0.6) is 11.5 Å². The van der Waals surface area contributed by atoms with Gasteiger partial charge in [-0.15, -0.1) is 0 Å². The summed E-state index contributed by atoms with van der Waals surface area (Å²) in [5.74, 6) is 0.734. The van der Waals surface area contributed by atoms with Crippen LogP contribution in [-0.2, 0) is 11.0 Å². The zero-order valence-corrected chi connectivity index (χ0v) is 15.8. The summed E-state index contributed by atoms with van der Waals surface area (Å²) in [7, 11) is 0. The van der Waals surface area contributed by atoms with Gasteiger partial charge in [-0.05, 0) is 42.0 Å². The molecule has 0 bridgehead atoms.